The zero-order valence-corrected chi connectivity index (χ0v) is 18.0. The van der Waals surface area contributed by atoms with Crippen molar-refractivity contribution in [1.82, 2.24) is 4.90 Å². The lowest BCUT2D eigenvalue weighted by Crippen LogP contribution is -2.32. The van der Waals surface area contributed by atoms with E-state index in [0.29, 0.717) is 22.8 Å². The number of aryl methyl sites for hydroxylation is 1. The topological polar surface area (TPSA) is 59.8 Å². The molecule has 1 aliphatic heterocycles. The largest absolute Gasteiger partial charge is 0.492 e. The minimum atomic E-state index is -0.516. The second-order valence-corrected chi connectivity index (χ2v) is 8.23. The number of carbonyl (C=O) groups excluding carboxylic acids is 2. The fourth-order valence-electron chi connectivity index (χ4n) is 3.02. The van der Waals surface area contributed by atoms with E-state index in [0.717, 1.165) is 22.2 Å². The van der Waals surface area contributed by atoms with E-state index in [-0.39, 0.29) is 28.3 Å². The molecule has 2 amide bonds. The average molecular weight is 458 g/mol. The summed E-state index contributed by atoms with van der Waals surface area (Å²) in [6, 6.07) is 15.2. The van der Waals surface area contributed by atoms with Gasteiger partial charge in [0.05, 0.1) is 16.5 Å². The Hall–Kier alpha value is -3.03. The molecule has 1 fully saturated rings. The number of carbonyl (C=O) groups is 2. The normalized spacial score (nSPS) is 15.2. The number of ether oxygens (including phenoxy) is 1. The predicted octanol–water partition coefficient (Wildman–Crippen LogP) is 6.16. The highest BCUT2D eigenvalue weighted by molar-refractivity contribution is 8.18. The molecule has 2 aromatic carbocycles. The van der Waals surface area contributed by atoms with Crippen LogP contribution in [-0.2, 0) is 4.79 Å². The van der Waals surface area contributed by atoms with Crippen LogP contribution in [-0.4, -0.2) is 29.2 Å². The van der Waals surface area contributed by atoms with Gasteiger partial charge in [-0.2, -0.15) is 0 Å². The summed E-state index contributed by atoms with van der Waals surface area (Å²) in [5.41, 5.74) is 1.67. The molecule has 158 valence electrons. The van der Waals surface area contributed by atoms with Crippen LogP contribution >= 0.6 is 23.4 Å². The average Bonchev–Trinajstić information content (AvgIpc) is 3.30. The van der Waals surface area contributed by atoms with Crippen LogP contribution in [0.2, 0.25) is 5.02 Å². The number of amides is 2. The molecule has 31 heavy (non-hydrogen) atoms. The molecule has 1 aromatic heterocycles. The van der Waals surface area contributed by atoms with Crippen molar-refractivity contribution in [2.45, 2.75) is 6.92 Å². The van der Waals surface area contributed by atoms with E-state index in [2.05, 4.69) is 0 Å². The van der Waals surface area contributed by atoms with Gasteiger partial charge >= 0.3 is 0 Å². The zero-order chi connectivity index (χ0) is 22.0. The standard InChI is InChI=1S/C23H17ClFNO4S/c1-14-3-2-4-16(11-14)29-10-9-26-22(27)21(31-23(26)28)13-17-6-8-20(30-17)15-5-7-19(25)18(24)12-15/h2-8,11-13H,9-10H2,1H3/b21-13-. The van der Waals surface area contributed by atoms with Crippen molar-refractivity contribution in [3.63, 3.8) is 0 Å². The highest BCUT2D eigenvalue weighted by Crippen LogP contribution is 2.33. The monoisotopic (exact) mass is 457 g/mol. The minimum Gasteiger partial charge on any atom is -0.492 e. The maximum Gasteiger partial charge on any atom is 0.293 e. The minimum absolute atomic E-state index is 0.00977. The molecule has 0 spiro atoms. The Morgan fingerprint density at radius 1 is 1.16 bits per heavy atom. The number of hydrogen-bond donors (Lipinski definition) is 0. The molecule has 0 bridgehead atoms. The highest BCUT2D eigenvalue weighted by atomic mass is 35.5. The lowest BCUT2D eigenvalue weighted by atomic mass is 10.2. The third-order valence-electron chi connectivity index (χ3n) is 4.55. The molecule has 0 N–H and O–H groups in total. The van der Waals surface area contributed by atoms with Gasteiger partial charge in [-0.05, 0) is 66.7 Å². The van der Waals surface area contributed by atoms with E-state index >= 15 is 0 Å². The first kappa shape index (κ1) is 21.2. The van der Waals surface area contributed by atoms with Crippen molar-refractivity contribution in [3.8, 4) is 17.1 Å². The van der Waals surface area contributed by atoms with Crippen molar-refractivity contribution in [1.29, 1.82) is 0 Å². The van der Waals surface area contributed by atoms with Crippen molar-refractivity contribution >= 4 is 40.6 Å². The first-order valence-electron chi connectivity index (χ1n) is 9.41. The van der Waals surface area contributed by atoms with Crippen LogP contribution in [0.5, 0.6) is 5.75 Å². The molecule has 2 heterocycles. The zero-order valence-electron chi connectivity index (χ0n) is 16.4. The summed E-state index contributed by atoms with van der Waals surface area (Å²) in [6.45, 7) is 2.30. The molecule has 5 nitrogen and oxygen atoms in total. The number of halogens is 2. The Kier molecular flexibility index (Phi) is 6.15. The van der Waals surface area contributed by atoms with Gasteiger partial charge in [-0.3, -0.25) is 14.5 Å². The van der Waals surface area contributed by atoms with Crippen LogP contribution in [0, 0.1) is 12.7 Å². The molecular weight excluding hydrogens is 441 g/mol. The number of thioether (sulfide) groups is 1. The molecule has 0 atom stereocenters. The van der Waals surface area contributed by atoms with E-state index in [1.807, 2.05) is 31.2 Å². The highest BCUT2D eigenvalue weighted by Gasteiger charge is 2.35. The van der Waals surface area contributed by atoms with Gasteiger partial charge in [0.15, 0.2) is 0 Å². The van der Waals surface area contributed by atoms with E-state index in [1.165, 1.54) is 18.2 Å². The van der Waals surface area contributed by atoms with E-state index in [1.54, 1.807) is 18.2 Å². The first-order chi connectivity index (χ1) is 14.9. The smallest absolute Gasteiger partial charge is 0.293 e. The third-order valence-corrected chi connectivity index (χ3v) is 5.75. The second kappa shape index (κ2) is 8.99. The summed E-state index contributed by atoms with van der Waals surface area (Å²) in [6.07, 6.45) is 1.51. The molecule has 1 aliphatic rings. The van der Waals surface area contributed by atoms with Crippen molar-refractivity contribution in [2.75, 3.05) is 13.2 Å². The molecule has 0 aliphatic carbocycles. The van der Waals surface area contributed by atoms with Crippen LogP contribution in [0.4, 0.5) is 9.18 Å². The van der Waals surface area contributed by atoms with Crippen molar-refractivity contribution in [3.05, 3.63) is 81.7 Å². The Labute approximate surface area is 187 Å². The summed E-state index contributed by atoms with van der Waals surface area (Å²) in [5.74, 6) is 0.644. The molecule has 1 saturated heterocycles. The Bertz CT molecular complexity index is 1190. The van der Waals surface area contributed by atoms with Gasteiger partial charge in [0.25, 0.3) is 11.1 Å². The number of imide groups is 1. The summed E-state index contributed by atoms with van der Waals surface area (Å²) >= 11 is 6.66. The van der Waals surface area contributed by atoms with Crippen LogP contribution < -0.4 is 4.74 Å². The number of rotatable bonds is 6. The molecule has 4 rings (SSSR count). The predicted molar refractivity (Wildman–Crippen MR) is 118 cm³/mol. The summed E-state index contributed by atoms with van der Waals surface area (Å²) in [4.78, 5) is 26.3. The van der Waals surface area contributed by atoms with Gasteiger partial charge in [0.1, 0.15) is 29.7 Å². The molecule has 0 saturated carbocycles. The SMILES string of the molecule is Cc1cccc(OCCN2C(=O)S/C(=C\c3ccc(-c4ccc(F)c(Cl)c4)o3)C2=O)c1. The quantitative estimate of drug-likeness (QED) is 0.415. The molecule has 0 radical (unpaired) electrons. The Morgan fingerprint density at radius 2 is 2.00 bits per heavy atom. The van der Waals surface area contributed by atoms with Crippen LogP contribution in [0.25, 0.3) is 17.4 Å². The van der Waals surface area contributed by atoms with Gasteiger partial charge in [0, 0.05) is 11.6 Å². The lowest BCUT2D eigenvalue weighted by Gasteiger charge is -2.13. The van der Waals surface area contributed by atoms with Gasteiger partial charge < -0.3 is 9.15 Å². The first-order valence-corrected chi connectivity index (χ1v) is 10.6. The lowest BCUT2D eigenvalue weighted by molar-refractivity contribution is -0.123. The molecule has 8 heteroatoms. The maximum absolute atomic E-state index is 13.4. The number of nitrogens with zero attached hydrogens (tertiary/aromatic N) is 1. The molecular formula is C23H17ClFNO4S. The number of hydrogen-bond acceptors (Lipinski definition) is 5. The van der Waals surface area contributed by atoms with Gasteiger partial charge in [0.2, 0.25) is 0 Å². The molecule has 0 unspecified atom stereocenters. The Balaban J connectivity index is 1.42. The summed E-state index contributed by atoms with van der Waals surface area (Å²) in [5, 5.41) is -0.370. The summed E-state index contributed by atoms with van der Waals surface area (Å²) < 4.78 is 24.7. The second-order valence-electron chi connectivity index (χ2n) is 6.83. The van der Waals surface area contributed by atoms with E-state index in [9.17, 15) is 14.0 Å². The van der Waals surface area contributed by atoms with Crippen LogP contribution in [0.3, 0.4) is 0 Å². The fourth-order valence-corrected chi connectivity index (χ4v) is 4.04. The van der Waals surface area contributed by atoms with Gasteiger partial charge in [-0.25, -0.2) is 4.39 Å². The molecule has 3 aromatic rings. The number of furan rings is 1. The van der Waals surface area contributed by atoms with Crippen molar-refractivity contribution in [2.24, 2.45) is 0 Å². The van der Waals surface area contributed by atoms with E-state index < -0.39 is 11.7 Å². The van der Waals surface area contributed by atoms with Crippen molar-refractivity contribution < 1.29 is 23.1 Å². The fraction of sp³-hybridized carbons (Fsp3) is 0.130. The van der Waals surface area contributed by atoms with Crippen LogP contribution in [0.15, 0.2) is 63.9 Å². The third kappa shape index (κ3) is 4.84. The Morgan fingerprint density at radius 3 is 2.77 bits per heavy atom. The maximum atomic E-state index is 13.4. The van der Waals surface area contributed by atoms with Crippen LogP contribution in [0.1, 0.15) is 11.3 Å². The summed E-state index contributed by atoms with van der Waals surface area (Å²) in [7, 11) is 0. The van der Waals surface area contributed by atoms with E-state index in [4.69, 9.17) is 20.8 Å². The van der Waals surface area contributed by atoms with Gasteiger partial charge in [-0.15, -0.1) is 0 Å². The number of benzene rings is 2. The van der Waals surface area contributed by atoms with Gasteiger partial charge in [-0.1, -0.05) is 23.7 Å².